The third-order valence-electron chi connectivity index (χ3n) is 2.47. The molecule has 0 bridgehead atoms. The van der Waals surface area contributed by atoms with Crippen LogP contribution in [0.15, 0.2) is 53.7 Å². The summed E-state index contributed by atoms with van der Waals surface area (Å²) in [6.07, 6.45) is 1.50. The molecule has 1 heterocycles. The third kappa shape index (κ3) is 3.40. The second kappa shape index (κ2) is 6.31. The van der Waals surface area contributed by atoms with E-state index in [1.165, 1.54) is 18.0 Å². The minimum atomic E-state index is 0.588. The van der Waals surface area contributed by atoms with Crippen molar-refractivity contribution in [2.24, 2.45) is 0 Å². The largest absolute Gasteiger partial charge is 0.618 e. The molecule has 0 atom stereocenters. The van der Waals surface area contributed by atoms with E-state index in [-0.39, 0.29) is 0 Å². The molecule has 0 saturated carbocycles. The fourth-order valence-electron chi connectivity index (χ4n) is 1.54. The molecule has 0 aliphatic heterocycles. The Hall–Kier alpha value is -1.68. The van der Waals surface area contributed by atoms with Gasteiger partial charge < -0.3 is 9.94 Å². The zero-order chi connectivity index (χ0) is 12.8. The summed E-state index contributed by atoms with van der Waals surface area (Å²) in [5.41, 5.74) is 1.13. The lowest BCUT2D eigenvalue weighted by Crippen LogP contribution is -2.27. The van der Waals surface area contributed by atoms with Crippen LogP contribution >= 0.6 is 11.8 Å². The molecule has 0 N–H and O–H groups in total. The molecule has 0 radical (unpaired) electrons. The number of ether oxygens (including phenoxy) is 1. The van der Waals surface area contributed by atoms with Gasteiger partial charge in [-0.25, -0.2) is 0 Å². The zero-order valence-corrected chi connectivity index (χ0v) is 11.0. The predicted molar refractivity (Wildman–Crippen MR) is 72.8 cm³/mol. The van der Waals surface area contributed by atoms with E-state index in [1.807, 2.05) is 43.3 Å². The minimum Gasteiger partial charge on any atom is -0.618 e. The highest BCUT2D eigenvalue weighted by Crippen LogP contribution is 2.17. The molecular formula is C14H15NO2S. The molecule has 0 aliphatic carbocycles. The quantitative estimate of drug-likeness (QED) is 0.359. The van der Waals surface area contributed by atoms with Crippen molar-refractivity contribution in [1.29, 1.82) is 0 Å². The van der Waals surface area contributed by atoms with Crippen molar-refractivity contribution in [3.8, 4) is 5.75 Å². The number of hydrogen-bond donors (Lipinski definition) is 0. The number of hydrogen-bond acceptors (Lipinski definition) is 3. The maximum atomic E-state index is 11.4. The second-order valence-corrected chi connectivity index (χ2v) is 4.94. The Balaban J connectivity index is 1.80. The molecule has 3 nitrogen and oxygen atoms in total. The SMILES string of the molecule is Cc1ccccc1OCCSc1cccc[n+]1[O-]. The van der Waals surface area contributed by atoms with Gasteiger partial charge in [-0.2, -0.15) is 4.73 Å². The Morgan fingerprint density at radius 1 is 1.17 bits per heavy atom. The molecule has 2 rings (SSSR count). The van der Waals surface area contributed by atoms with Crippen molar-refractivity contribution in [2.75, 3.05) is 12.4 Å². The van der Waals surface area contributed by atoms with E-state index in [2.05, 4.69) is 0 Å². The van der Waals surface area contributed by atoms with Crippen LogP contribution in [0.2, 0.25) is 0 Å². The van der Waals surface area contributed by atoms with Gasteiger partial charge in [0.05, 0.1) is 6.61 Å². The molecule has 2 aromatic rings. The summed E-state index contributed by atoms with van der Waals surface area (Å²) in [7, 11) is 0. The molecule has 94 valence electrons. The summed E-state index contributed by atoms with van der Waals surface area (Å²) in [4.78, 5) is 0. The van der Waals surface area contributed by atoms with Gasteiger partial charge in [0, 0.05) is 17.9 Å². The molecular weight excluding hydrogens is 246 g/mol. The van der Waals surface area contributed by atoms with Crippen LogP contribution in [0.5, 0.6) is 5.75 Å². The van der Waals surface area contributed by atoms with E-state index in [0.29, 0.717) is 11.6 Å². The molecule has 18 heavy (non-hydrogen) atoms. The van der Waals surface area contributed by atoms with E-state index < -0.39 is 0 Å². The van der Waals surface area contributed by atoms with Gasteiger partial charge >= 0.3 is 0 Å². The van der Waals surface area contributed by atoms with E-state index in [4.69, 9.17) is 4.74 Å². The first-order valence-electron chi connectivity index (χ1n) is 5.77. The van der Waals surface area contributed by atoms with E-state index in [1.54, 1.807) is 6.07 Å². The van der Waals surface area contributed by atoms with Gasteiger partial charge in [0.1, 0.15) is 5.75 Å². The Morgan fingerprint density at radius 2 is 1.94 bits per heavy atom. The van der Waals surface area contributed by atoms with Crippen molar-refractivity contribution < 1.29 is 9.47 Å². The molecule has 4 heteroatoms. The summed E-state index contributed by atoms with van der Waals surface area (Å²) in [5.74, 6) is 1.65. The number of aryl methyl sites for hydroxylation is 1. The molecule has 0 amide bonds. The van der Waals surface area contributed by atoms with Crippen LogP contribution < -0.4 is 9.47 Å². The maximum absolute atomic E-state index is 11.4. The topological polar surface area (TPSA) is 36.2 Å². The molecule has 0 fully saturated rings. The highest BCUT2D eigenvalue weighted by Gasteiger charge is 2.04. The van der Waals surface area contributed by atoms with Crippen LogP contribution in [0.3, 0.4) is 0 Å². The molecule has 1 aromatic heterocycles. The first-order chi connectivity index (χ1) is 8.77. The summed E-state index contributed by atoms with van der Waals surface area (Å²) in [6.45, 7) is 2.61. The number of benzene rings is 1. The first-order valence-corrected chi connectivity index (χ1v) is 6.75. The highest BCUT2D eigenvalue weighted by atomic mass is 32.2. The fourth-order valence-corrected chi connectivity index (χ4v) is 2.28. The van der Waals surface area contributed by atoms with Crippen LogP contribution in [0.4, 0.5) is 0 Å². The standard InChI is InChI=1S/C14H15NO2S/c1-12-6-2-3-7-13(12)17-10-11-18-14-8-4-5-9-15(14)16/h2-9H,10-11H2,1H3. The van der Waals surface area contributed by atoms with Crippen molar-refractivity contribution in [3.05, 3.63) is 59.4 Å². The molecule has 0 aliphatic rings. The average Bonchev–Trinajstić information content (AvgIpc) is 2.38. The summed E-state index contributed by atoms with van der Waals surface area (Å²) < 4.78 is 6.54. The summed E-state index contributed by atoms with van der Waals surface area (Å²) in [5, 5.41) is 12.1. The number of thioether (sulfide) groups is 1. The number of nitrogens with zero attached hydrogens (tertiary/aromatic N) is 1. The smallest absolute Gasteiger partial charge is 0.251 e. The number of aromatic nitrogens is 1. The Labute approximate surface area is 111 Å². The van der Waals surface area contributed by atoms with Gasteiger partial charge in [0.2, 0.25) is 0 Å². The average molecular weight is 261 g/mol. The lowest BCUT2D eigenvalue weighted by molar-refractivity contribution is -0.645. The normalized spacial score (nSPS) is 10.3. The second-order valence-electron chi connectivity index (χ2n) is 3.83. The lowest BCUT2D eigenvalue weighted by atomic mass is 10.2. The van der Waals surface area contributed by atoms with Gasteiger partial charge in [0.15, 0.2) is 6.20 Å². The highest BCUT2D eigenvalue weighted by molar-refractivity contribution is 7.99. The Bertz CT molecular complexity index is 469. The van der Waals surface area contributed by atoms with Gasteiger partial charge in [-0.3, -0.25) is 0 Å². The maximum Gasteiger partial charge on any atom is 0.251 e. The number of para-hydroxylation sites is 1. The van der Waals surface area contributed by atoms with Gasteiger partial charge in [0.25, 0.3) is 5.03 Å². The third-order valence-corrected chi connectivity index (χ3v) is 3.46. The number of pyridine rings is 1. The van der Waals surface area contributed by atoms with Crippen LogP contribution in [0.25, 0.3) is 0 Å². The first kappa shape index (κ1) is 12.8. The lowest BCUT2D eigenvalue weighted by Gasteiger charge is -2.08. The zero-order valence-electron chi connectivity index (χ0n) is 10.2. The van der Waals surface area contributed by atoms with Crippen molar-refractivity contribution in [3.63, 3.8) is 0 Å². The monoisotopic (exact) mass is 261 g/mol. The van der Waals surface area contributed by atoms with E-state index in [0.717, 1.165) is 21.8 Å². The van der Waals surface area contributed by atoms with Crippen LogP contribution in [-0.4, -0.2) is 12.4 Å². The van der Waals surface area contributed by atoms with Crippen LogP contribution in [0, 0.1) is 12.1 Å². The Kier molecular flexibility index (Phi) is 4.47. The van der Waals surface area contributed by atoms with Crippen LogP contribution in [0.1, 0.15) is 5.56 Å². The molecule has 1 aromatic carbocycles. The van der Waals surface area contributed by atoms with E-state index in [9.17, 15) is 5.21 Å². The molecule has 0 saturated heterocycles. The molecule has 0 spiro atoms. The summed E-state index contributed by atoms with van der Waals surface area (Å²) in [6, 6.07) is 13.3. The van der Waals surface area contributed by atoms with Crippen molar-refractivity contribution >= 4 is 11.8 Å². The van der Waals surface area contributed by atoms with Crippen molar-refractivity contribution in [1.82, 2.24) is 0 Å². The fraction of sp³-hybridized carbons (Fsp3) is 0.214. The van der Waals surface area contributed by atoms with Crippen LogP contribution in [-0.2, 0) is 0 Å². The molecule has 0 unspecified atom stereocenters. The van der Waals surface area contributed by atoms with Crippen molar-refractivity contribution in [2.45, 2.75) is 11.9 Å². The van der Waals surface area contributed by atoms with Gasteiger partial charge in [-0.1, -0.05) is 30.0 Å². The van der Waals surface area contributed by atoms with Gasteiger partial charge in [-0.05, 0) is 24.6 Å². The minimum absolute atomic E-state index is 0.588. The number of rotatable bonds is 5. The van der Waals surface area contributed by atoms with Gasteiger partial charge in [-0.15, -0.1) is 0 Å². The van der Waals surface area contributed by atoms with E-state index >= 15 is 0 Å². The predicted octanol–water partition coefficient (Wildman–Crippen LogP) is 2.80. The summed E-state index contributed by atoms with van der Waals surface area (Å²) >= 11 is 1.50. The Morgan fingerprint density at radius 3 is 2.72 bits per heavy atom.